The molecule has 0 bridgehead atoms. The van der Waals surface area contributed by atoms with Crippen molar-refractivity contribution in [3.63, 3.8) is 0 Å². The summed E-state index contributed by atoms with van der Waals surface area (Å²) in [5.41, 5.74) is 2.02. The van der Waals surface area contributed by atoms with Crippen LogP contribution in [0.3, 0.4) is 0 Å². The van der Waals surface area contributed by atoms with Crippen molar-refractivity contribution in [3.05, 3.63) is 18.1 Å². The second-order valence-corrected chi connectivity index (χ2v) is 3.44. The quantitative estimate of drug-likeness (QED) is 0.777. The Hall–Kier alpha value is -1.65. The molecular formula is C9H13N5. The first kappa shape index (κ1) is 8.93. The van der Waals surface area contributed by atoms with Gasteiger partial charge in [-0.2, -0.15) is 9.61 Å². The summed E-state index contributed by atoms with van der Waals surface area (Å²) in [6.45, 7) is 4.25. The van der Waals surface area contributed by atoms with Crippen molar-refractivity contribution in [2.75, 3.05) is 12.4 Å². The Morgan fingerprint density at radius 2 is 2.14 bits per heavy atom. The highest BCUT2D eigenvalue weighted by Crippen LogP contribution is 2.19. The van der Waals surface area contributed by atoms with Gasteiger partial charge in [0.1, 0.15) is 6.33 Å². The molecule has 0 saturated carbocycles. The molecule has 0 unspecified atom stereocenters. The standard InChI is InChI=1S/C9H13N5/c1-6(2)7-4-13-14-8(7)11-5-12-9(14)10-3/h4-6H,1-3H3,(H,10,11,12). The van der Waals surface area contributed by atoms with Crippen LogP contribution in [0.5, 0.6) is 0 Å². The average molecular weight is 191 g/mol. The van der Waals surface area contributed by atoms with Gasteiger partial charge in [0.15, 0.2) is 5.65 Å². The van der Waals surface area contributed by atoms with Crippen LogP contribution < -0.4 is 5.32 Å². The predicted molar refractivity (Wildman–Crippen MR) is 54.4 cm³/mol. The first-order valence-corrected chi connectivity index (χ1v) is 4.60. The van der Waals surface area contributed by atoms with Crippen molar-refractivity contribution >= 4 is 11.6 Å². The van der Waals surface area contributed by atoms with Gasteiger partial charge in [-0.25, -0.2) is 9.97 Å². The number of aromatic nitrogens is 4. The fourth-order valence-electron chi connectivity index (χ4n) is 1.41. The second kappa shape index (κ2) is 3.25. The highest BCUT2D eigenvalue weighted by Gasteiger charge is 2.10. The van der Waals surface area contributed by atoms with Crippen molar-refractivity contribution in [1.29, 1.82) is 0 Å². The van der Waals surface area contributed by atoms with Crippen LogP contribution in [-0.2, 0) is 0 Å². The molecule has 0 spiro atoms. The molecular weight excluding hydrogens is 178 g/mol. The first-order valence-electron chi connectivity index (χ1n) is 4.60. The molecule has 0 atom stereocenters. The van der Waals surface area contributed by atoms with Crippen LogP contribution in [0.25, 0.3) is 5.65 Å². The molecule has 5 nitrogen and oxygen atoms in total. The summed E-state index contributed by atoms with van der Waals surface area (Å²) in [5, 5.41) is 7.21. The molecule has 0 aliphatic heterocycles. The van der Waals surface area contributed by atoms with Crippen LogP contribution >= 0.6 is 0 Å². The molecule has 0 fully saturated rings. The highest BCUT2D eigenvalue weighted by atomic mass is 15.3. The van der Waals surface area contributed by atoms with Crippen LogP contribution in [0.15, 0.2) is 12.5 Å². The molecule has 0 radical (unpaired) electrons. The molecule has 2 rings (SSSR count). The fourth-order valence-corrected chi connectivity index (χ4v) is 1.41. The topological polar surface area (TPSA) is 55.1 Å². The van der Waals surface area contributed by atoms with Gasteiger partial charge in [0.25, 0.3) is 0 Å². The van der Waals surface area contributed by atoms with Crippen LogP contribution in [0, 0.1) is 0 Å². The lowest BCUT2D eigenvalue weighted by molar-refractivity contribution is 0.868. The predicted octanol–water partition coefficient (Wildman–Crippen LogP) is 1.29. The van der Waals surface area contributed by atoms with Crippen molar-refractivity contribution in [2.24, 2.45) is 0 Å². The van der Waals surface area contributed by atoms with Crippen molar-refractivity contribution in [3.8, 4) is 0 Å². The number of nitrogens with zero attached hydrogens (tertiary/aromatic N) is 4. The third-order valence-electron chi connectivity index (χ3n) is 2.18. The lowest BCUT2D eigenvalue weighted by Crippen LogP contribution is -2.03. The van der Waals surface area contributed by atoms with Crippen molar-refractivity contribution in [1.82, 2.24) is 19.6 Å². The Bertz CT molecular complexity index is 445. The second-order valence-electron chi connectivity index (χ2n) is 3.44. The van der Waals surface area contributed by atoms with Gasteiger partial charge in [-0.1, -0.05) is 13.8 Å². The van der Waals surface area contributed by atoms with E-state index in [1.165, 1.54) is 0 Å². The zero-order valence-corrected chi connectivity index (χ0v) is 8.52. The van der Waals surface area contributed by atoms with E-state index < -0.39 is 0 Å². The number of rotatable bonds is 2. The summed E-state index contributed by atoms with van der Waals surface area (Å²) >= 11 is 0. The van der Waals surface area contributed by atoms with E-state index in [1.807, 2.05) is 13.2 Å². The maximum Gasteiger partial charge on any atom is 0.227 e. The van der Waals surface area contributed by atoms with Gasteiger partial charge in [-0.05, 0) is 5.92 Å². The lowest BCUT2D eigenvalue weighted by atomic mass is 10.1. The van der Waals surface area contributed by atoms with E-state index in [4.69, 9.17) is 0 Å². The van der Waals surface area contributed by atoms with Crippen molar-refractivity contribution < 1.29 is 0 Å². The molecule has 2 aromatic heterocycles. The minimum absolute atomic E-state index is 0.423. The van der Waals surface area contributed by atoms with Gasteiger partial charge < -0.3 is 5.32 Å². The Morgan fingerprint density at radius 3 is 2.79 bits per heavy atom. The van der Waals surface area contributed by atoms with E-state index in [0.29, 0.717) is 11.9 Å². The molecule has 0 amide bonds. The largest absolute Gasteiger partial charge is 0.357 e. The molecule has 2 heterocycles. The maximum absolute atomic E-state index is 4.24. The summed E-state index contributed by atoms with van der Waals surface area (Å²) in [5.74, 6) is 1.13. The normalized spacial score (nSPS) is 11.1. The van der Waals surface area contributed by atoms with E-state index in [0.717, 1.165) is 11.2 Å². The van der Waals surface area contributed by atoms with Gasteiger partial charge in [-0.3, -0.25) is 0 Å². The van der Waals surface area contributed by atoms with E-state index >= 15 is 0 Å². The average Bonchev–Trinajstić information content (AvgIpc) is 2.60. The molecule has 0 saturated heterocycles. The van der Waals surface area contributed by atoms with E-state index in [9.17, 15) is 0 Å². The summed E-state index contributed by atoms with van der Waals surface area (Å²) in [7, 11) is 1.82. The maximum atomic E-state index is 4.24. The zero-order valence-electron chi connectivity index (χ0n) is 8.52. The van der Waals surface area contributed by atoms with E-state index in [2.05, 4.69) is 34.2 Å². The number of hydrogen-bond acceptors (Lipinski definition) is 4. The van der Waals surface area contributed by atoms with E-state index in [-0.39, 0.29) is 0 Å². The molecule has 1 N–H and O–H groups in total. The van der Waals surface area contributed by atoms with Crippen molar-refractivity contribution in [2.45, 2.75) is 19.8 Å². The third kappa shape index (κ3) is 1.21. The van der Waals surface area contributed by atoms with Crippen LogP contribution in [0.2, 0.25) is 0 Å². The fraction of sp³-hybridized carbons (Fsp3) is 0.444. The summed E-state index contributed by atoms with van der Waals surface area (Å²) in [6.07, 6.45) is 3.39. The number of nitrogens with one attached hydrogen (secondary N) is 1. The molecule has 0 aliphatic carbocycles. The molecule has 2 aromatic rings. The van der Waals surface area contributed by atoms with Gasteiger partial charge in [-0.15, -0.1) is 0 Å². The minimum atomic E-state index is 0.423. The third-order valence-corrected chi connectivity index (χ3v) is 2.18. The molecule has 0 aromatic carbocycles. The van der Waals surface area contributed by atoms with Crippen LogP contribution in [0.4, 0.5) is 5.95 Å². The summed E-state index contributed by atoms with van der Waals surface area (Å²) in [4.78, 5) is 8.30. The molecule has 5 heteroatoms. The monoisotopic (exact) mass is 191 g/mol. The van der Waals surface area contributed by atoms with Crippen LogP contribution in [0.1, 0.15) is 25.3 Å². The minimum Gasteiger partial charge on any atom is -0.357 e. The Labute approximate surface area is 82.2 Å². The zero-order chi connectivity index (χ0) is 10.1. The number of anilines is 1. The van der Waals surface area contributed by atoms with Gasteiger partial charge >= 0.3 is 0 Å². The number of fused-ring (bicyclic) bond motifs is 1. The van der Waals surface area contributed by atoms with Crippen LogP contribution in [-0.4, -0.2) is 26.6 Å². The SMILES string of the molecule is CNc1ncnc2c(C(C)C)cnn12. The highest BCUT2D eigenvalue weighted by molar-refractivity contribution is 5.51. The van der Waals surface area contributed by atoms with E-state index in [1.54, 1.807) is 10.8 Å². The van der Waals surface area contributed by atoms with Gasteiger partial charge in [0.05, 0.1) is 6.20 Å². The Balaban J connectivity index is 2.69. The van der Waals surface area contributed by atoms with Gasteiger partial charge in [0, 0.05) is 12.6 Å². The smallest absolute Gasteiger partial charge is 0.227 e. The molecule has 14 heavy (non-hydrogen) atoms. The molecule has 74 valence electrons. The Morgan fingerprint density at radius 1 is 1.36 bits per heavy atom. The molecule has 0 aliphatic rings. The first-order chi connectivity index (χ1) is 6.74. The number of hydrogen-bond donors (Lipinski definition) is 1. The Kier molecular flexibility index (Phi) is 2.07. The summed E-state index contributed by atoms with van der Waals surface area (Å²) in [6, 6.07) is 0. The summed E-state index contributed by atoms with van der Waals surface area (Å²) < 4.78 is 1.72. The lowest BCUT2D eigenvalue weighted by Gasteiger charge is -2.03. The van der Waals surface area contributed by atoms with Gasteiger partial charge in [0.2, 0.25) is 5.95 Å².